The van der Waals surface area contributed by atoms with Gasteiger partial charge in [-0.25, -0.2) is 19.2 Å². The van der Waals surface area contributed by atoms with Crippen LogP contribution < -0.4 is 5.73 Å². The fourth-order valence-corrected chi connectivity index (χ4v) is 1.75. The quantitative estimate of drug-likeness (QED) is 0.516. The van der Waals surface area contributed by atoms with Crippen LogP contribution in [0, 0.1) is 0 Å². The highest BCUT2D eigenvalue weighted by molar-refractivity contribution is 6.01. The average molecular weight is 347 g/mol. The van der Waals surface area contributed by atoms with Gasteiger partial charge in [-0.1, -0.05) is 12.1 Å². The third-order valence-corrected chi connectivity index (χ3v) is 2.84. The van der Waals surface area contributed by atoms with Crippen LogP contribution in [0.25, 0.3) is 0 Å². The molecule has 0 saturated heterocycles. The van der Waals surface area contributed by atoms with Gasteiger partial charge in [-0.05, 0) is 30.3 Å². The molecule has 0 fully saturated rings. The van der Waals surface area contributed by atoms with E-state index in [2.05, 4.69) is 0 Å². The molecule has 0 aliphatic rings. The monoisotopic (exact) mass is 347 g/mol. The lowest BCUT2D eigenvalue weighted by Crippen LogP contribution is -2.06. The predicted octanol–water partition coefficient (Wildman–Crippen LogP) is 1.75. The molecule has 2 aromatic carbocycles. The number of nitrogen functional groups attached to an aromatic ring is 1. The highest BCUT2D eigenvalue weighted by Crippen LogP contribution is 2.12. The third-order valence-electron chi connectivity index (χ3n) is 2.84. The van der Waals surface area contributed by atoms with Crippen LogP contribution in [-0.2, 0) is 0 Å². The van der Waals surface area contributed by atoms with Gasteiger partial charge in [0.25, 0.3) is 0 Å². The summed E-state index contributed by atoms with van der Waals surface area (Å²) in [5, 5.41) is 34.2. The molecule has 0 aliphatic heterocycles. The van der Waals surface area contributed by atoms with Crippen molar-refractivity contribution >= 4 is 29.6 Å². The summed E-state index contributed by atoms with van der Waals surface area (Å²) in [6, 6.07) is 8.94. The predicted molar refractivity (Wildman–Crippen MR) is 85.1 cm³/mol. The molecule has 0 atom stereocenters. The molecule has 0 radical (unpaired) electrons. The first kappa shape index (κ1) is 19.2. The summed E-state index contributed by atoms with van der Waals surface area (Å²) in [5.74, 6) is -4.86. The first-order valence-electron chi connectivity index (χ1n) is 6.56. The van der Waals surface area contributed by atoms with E-state index in [0.717, 1.165) is 6.07 Å². The molecule has 0 heterocycles. The van der Waals surface area contributed by atoms with E-state index in [1.54, 1.807) is 0 Å². The molecular weight excluding hydrogens is 334 g/mol. The summed E-state index contributed by atoms with van der Waals surface area (Å²) in [4.78, 5) is 41.9. The van der Waals surface area contributed by atoms with Crippen LogP contribution in [0.1, 0.15) is 41.4 Å². The molecule has 0 spiro atoms. The van der Waals surface area contributed by atoms with Gasteiger partial charge < -0.3 is 26.2 Å². The minimum absolute atomic E-state index is 0.123. The zero-order valence-electron chi connectivity index (χ0n) is 12.5. The maximum absolute atomic E-state index is 10.5. The molecule has 9 nitrogen and oxygen atoms in total. The summed E-state index contributed by atoms with van der Waals surface area (Å²) in [6.45, 7) is 0. The molecule has 0 saturated carbocycles. The van der Waals surface area contributed by atoms with Gasteiger partial charge in [0.15, 0.2) is 0 Å². The summed E-state index contributed by atoms with van der Waals surface area (Å²) in [6.07, 6.45) is 0. The smallest absolute Gasteiger partial charge is 0.336 e. The standard InChI is InChI=1S/C8H7NO4.C8H6O4/c9-6-2-4(7(10)11)1-5(3-6)8(12)13;9-7(10)5-3-1-2-4-6(5)8(11)12/h1-3H,9H2,(H,10,11)(H,12,13);1-4H,(H,9,10)(H,11,12). The summed E-state index contributed by atoms with van der Waals surface area (Å²) in [7, 11) is 0. The zero-order chi connectivity index (χ0) is 19.1. The fraction of sp³-hybridized carbons (Fsp3) is 0. The first-order valence-corrected chi connectivity index (χ1v) is 6.56. The van der Waals surface area contributed by atoms with Crippen molar-refractivity contribution in [1.29, 1.82) is 0 Å². The Morgan fingerprint density at radius 3 is 1.28 bits per heavy atom. The van der Waals surface area contributed by atoms with Crippen LogP contribution in [-0.4, -0.2) is 44.3 Å². The minimum Gasteiger partial charge on any atom is -0.478 e. The lowest BCUT2D eigenvalue weighted by molar-refractivity contribution is 0.0651. The van der Waals surface area contributed by atoms with Crippen molar-refractivity contribution in [3.63, 3.8) is 0 Å². The van der Waals surface area contributed by atoms with Gasteiger partial charge in [-0.15, -0.1) is 0 Å². The lowest BCUT2D eigenvalue weighted by atomic mass is 10.1. The highest BCUT2D eigenvalue weighted by atomic mass is 16.4. The Morgan fingerprint density at radius 2 is 1.00 bits per heavy atom. The van der Waals surface area contributed by atoms with Gasteiger partial charge in [-0.2, -0.15) is 0 Å². The van der Waals surface area contributed by atoms with Crippen molar-refractivity contribution < 1.29 is 39.6 Å². The molecule has 0 unspecified atom stereocenters. The Balaban J connectivity index is 0.000000251. The number of benzene rings is 2. The molecular formula is C16H13NO8. The SMILES string of the molecule is Nc1cc(C(=O)O)cc(C(=O)O)c1.O=C(O)c1ccccc1C(=O)O. The number of anilines is 1. The Hall–Kier alpha value is -3.88. The molecule has 2 aromatic rings. The van der Waals surface area contributed by atoms with E-state index in [0.29, 0.717) is 0 Å². The topological polar surface area (TPSA) is 175 Å². The number of hydrogen-bond acceptors (Lipinski definition) is 5. The molecule has 9 heteroatoms. The molecule has 0 bridgehead atoms. The van der Waals surface area contributed by atoms with Gasteiger partial charge >= 0.3 is 23.9 Å². The van der Waals surface area contributed by atoms with Crippen molar-refractivity contribution in [2.45, 2.75) is 0 Å². The van der Waals surface area contributed by atoms with E-state index < -0.39 is 23.9 Å². The van der Waals surface area contributed by atoms with E-state index in [4.69, 9.17) is 26.2 Å². The van der Waals surface area contributed by atoms with Crippen molar-refractivity contribution in [1.82, 2.24) is 0 Å². The Labute approximate surface area is 140 Å². The first-order chi connectivity index (χ1) is 11.6. The number of carboxylic acid groups (broad SMARTS) is 4. The Kier molecular flexibility index (Phi) is 6.22. The van der Waals surface area contributed by atoms with Crippen LogP contribution in [0.15, 0.2) is 42.5 Å². The molecule has 2 rings (SSSR count). The van der Waals surface area contributed by atoms with Gasteiger partial charge in [-0.3, -0.25) is 0 Å². The second-order valence-electron chi connectivity index (χ2n) is 4.61. The average Bonchev–Trinajstić information content (AvgIpc) is 2.54. The van der Waals surface area contributed by atoms with Crippen LogP contribution in [0.5, 0.6) is 0 Å². The van der Waals surface area contributed by atoms with E-state index >= 15 is 0 Å². The number of aromatic carboxylic acids is 4. The molecule has 0 aliphatic carbocycles. The number of rotatable bonds is 4. The van der Waals surface area contributed by atoms with Crippen molar-refractivity contribution in [3.05, 3.63) is 64.7 Å². The van der Waals surface area contributed by atoms with Crippen molar-refractivity contribution in [3.8, 4) is 0 Å². The number of carboxylic acids is 4. The largest absolute Gasteiger partial charge is 0.478 e. The Bertz CT molecular complexity index is 779. The van der Waals surface area contributed by atoms with Gasteiger partial charge in [0.2, 0.25) is 0 Å². The molecule has 130 valence electrons. The van der Waals surface area contributed by atoms with Crippen LogP contribution in [0.3, 0.4) is 0 Å². The number of carbonyl (C=O) groups is 4. The number of hydrogen-bond donors (Lipinski definition) is 5. The minimum atomic E-state index is -1.23. The molecule has 6 N–H and O–H groups in total. The highest BCUT2D eigenvalue weighted by Gasteiger charge is 2.13. The van der Waals surface area contributed by atoms with E-state index in [9.17, 15) is 19.2 Å². The lowest BCUT2D eigenvalue weighted by Gasteiger charge is -1.99. The fourth-order valence-electron chi connectivity index (χ4n) is 1.75. The van der Waals surface area contributed by atoms with Crippen molar-refractivity contribution in [2.75, 3.05) is 5.73 Å². The number of nitrogens with two attached hydrogens (primary N) is 1. The third kappa shape index (κ3) is 5.36. The van der Waals surface area contributed by atoms with Crippen LogP contribution in [0.2, 0.25) is 0 Å². The second kappa shape index (κ2) is 8.11. The van der Waals surface area contributed by atoms with Gasteiger partial charge in [0.05, 0.1) is 22.3 Å². The normalized spacial score (nSPS) is 9.44. The maximum Gasteiger partial charge on any atom is 0.336 e. The Morgan fingerprint density at radius 1 is 0.640 bits per heavy atom. The van der Waals surface area contributed by atoms with Gasteiger partial charge in [0, 0.05) is 5.69 Å². The van der Waals surface area contributed by atoms with Crippen molar-refractivity contribution in [2.24, 2.45) is 0 Å². The van der Waals surface area contributed by atoms with E-state index in [1.165, 1.54) is 36.4 Å². The van der Waals surface area contributed by atoms with Crippen LogP contribution >= 0.6 is 0 Å². The van der Waals surface area contributed by atoms with Gasteiger partial charge in [0.1, 0.15) is 0 Å². The molecule has 0 aromatic heterocycles. The molecule has 0 amide bonds. The summed E-state index contributed by atoms with van der Waals surface area (Å²) >= 11 is 0. The molecule has 25 heavy (non-hydrogen) atoms. The van der Waals surface area contributed by atoms with Crippen LogP contribution in [0.4, 0.5) is 5.69 Å². The summed E-state index contributed by atoms with van der Waals surface area (Å²) < 4.78 is 0. The maximum atomic E-state index is 10.5. The van der Waals surface area contributed by atoms with E-state index in [-0.39, 0.29) is 27.9 Å². The van der Waals surface area contributed by atoms with E-state index in [1.807, 2.05) is 0 Å². The summed E-state index contributed by atoms with van der Waals surface area (Å²) in [5.41, 5.74) is 4.80. The zero-order valence-corrected chi connectivity index (χ0v) is 12.5. The second-order valence-corrected chi connectivity index (χ2v) is 4.61.